The van der Waals surface area contributed by atoms with Crippen LogP contribution in [0.15, 0.2) is 0 Å². The Bertz CT molecular complexity index is 788. The molecule has 38 heavy (non-hydrogen) atoms. The van der Waals surface area contributed by atoms with E-state index in [1.54, 1.807) is 14.2 Å². The van der Waals surface area contributed by atoms with Gasteiger partial charge in [-0.2, -0.15) is 0 Å². The largest absolute Gasteiger partial charge is 0.466 e. The number of methoxy groups -OCH3 is 2. The maximum absolute atomic E-state index is 11.5. The molecule has 0 N–H and O–H groups in total. The van der Waals surface area contributed by atoms with Crippen LogP contribution in [0.25, 0.3) is 0 Å². The first kappa shape index (κ1) is 30.3. The van der Waals surface area contributed by atoms with E-state index < -0.39 is 0 Å². The second-order valence-electron chi connectivity index (χ2n) is 13.9. The predicted octanol–water partition coefficient (Wildman–Crippen LogP) is 6.70. The molecule has 4 aliphatic rings. The average molecular weight is 537 g/mol. The summed E-state index contributed by atoms with van der Waals surface area (Å²) in [6.45, 7) is 15.0. The molecule has 0 spiro atoms. The lowest BCUT2D eigenvalue weighted by molar-refractivity contribution is -0.231. The molecule has 4 aliphatic carbocycles. The van der Waals surface area contributed by atoms with Crippen LogP contribution in [-0.4, -0.2) is 52.6 Å². The third kappa shape index (κ3) is 5.45. The van der Waals surface area contributed by atoms with Crippen LogP contribution in [0.2, 0.25) is 0 Å². The molecule has 0 heterocycles. The molecule has 4 rings (SSSR count). The highest BCUT2D eigenvalue weighted by atomic mass is 16.7. The Morgan fingerprint density at radius 1 is 0.947 bits per heavy atom. The Hall–Kier alpha value is -0.690. The van der Waals surface area contributed by atoms with E-state index in [9.17, 15) is 4.79 Å². The third-order valence-electron chi connectivity index (χ3n) is 12.0. The molecule has 0 amide bonds. The van der Waals surface area contributed by atoms with Crippen LogP contribution in [0.3, 0.4) is 0 Å². The average Bonchev–Trinajstić information content (AvgIpc) is 3.18. The third-order valence-corrected chi connectivity index (χ3v) is 12.0. The second kappa shape index (κ2) is 12.4. The summed E-state index contributed by atoms with van der Waals surface area (Å²) < 4.78 is 29.5. The first-order valence-electron chi connectivity index (χ1n) is 15.5. The molecule has 6 heteroatoms. The van der Waals surface area contributed by atoms with Crippen molar-refractivity contribution in [1.82, 2.24) is 0 Å². The predicted molar refractivity (Wildman–Crippen MR) is 148 cm³/mol. The molecular weight excluding hydrogens is 480 g/mol. The van der Waals surface area contributed by atoms with Gasteiger partial charge in [0.2, 0.25) is 0 Å². The minimum atomic E-state index is -0.198. The molecule has 4 fully saturated rings. The standard InChI is InChI=1S/C32H56O6/c1-9-23-25-16-20(2)10-13-31(25,5)24-11-14-32(6)26(28(24)30(23)38-19-35-8)17-27(37-18-34-7)29(32)21(3)12-15-36-22(4)33/h20-21,23-30H,9-19H2,1-8H3/t20-,21-,23-,24?,25+,26?,27+,28?,29+,30?,31-,32+/m1/s1. The molecule has 0 saturated heterocycles. The number of ether oxygens (including phenoxy) is 5. The minimum absolute atomic E-state index is 0.149. The molecule has 0 aliphatic heterocycles. The fraction of sp³-hybridized carbons (Fsp3) is 0.969. The normalized spacial score (nSPS) is 45.1. The van der Waals surface area contributed by atoms with Gasteiger partial charge >= 0.3 is 5.97 Å². The first-order valence-corrected chi connectivity index (χ1v) is 15.5. The van der Waals surface area contributed by atoms with Gasteiger partial charge in [0, 0.05) is 21.1 Å². The Morgan fingerprint density at radius 3 is 2.29 bits per heavy atom. The maximum Gasteiger partial charge on any atom is 0.302 e. The van der Waals surface area contributed by atoms with Gasteiger partial charge in [0.1, 0.15) is 13.6 Å². The number of rotatable bonds is 11. The van der Waals surface area contributed by atoms with E-state index in [2.05, 4.69) is 34.6 Å². The number of carbonyl (C=O) groups is 1. The highest BCUT2D eigenvalue weighted by Crippen LogP contribution is 2.70. The number of fused-ring (bicyclic) bond motifs is 5. The highest BCUT2D eigenvalue weighted by molar-refractivity contribution is 5.65. The van der Waals surface area contributed by atoms with Gasteiger partial charge in [0.05, 0.1) is 18.8 Å². The number of hydrogen-bond acceptors (Lipinski definition) is 6. The van der Waals surface area contributed by atoms with Gasteiger partial charge in [-0.1, -0.05) is 47.5 Å². The van der Waals surface area contributed by atoms with Gasteiger partial charge in [-0.15, -0.1) is 0 Å². The number of hydrogen-bond donors (Lipinski definition) is 0. The molecule has 0 aromatic heterocycles. The molecular formula is C32H56O6. The highest BCUT2D eigenvalue weighted by Gasteiger charge is 2.67. The van der Waals surface area contributed by atoms with Gasteiger partial charge in [-0.3, -0.25) is 4.79 Å². The van der Waals surface area contributed by atoms with E-state index in [4.69, 9.17) is 23.7 Å². The van der Waals surface area contributed by atoms with E-state index in [-0.39, 0.29) is 23.6 Å². The summed E-state index contributed by atoms with van der Waals surface area (Å²) in [6, 6.07) is 0. The fourth-order valence-corrected chi connectivity index (χ4v) is 10.5. The van der Waals surface area contributed by atoms with Crippen molar-refractivity contribution in [2.45, 2.75) is 105 Å². The molecule has 0 aromatic rings. The van der Waals surface area contributed by atoms with Crippen LogP contribution in [0, 0.1) is 58.2 Å². The summed E-state index contributed by atoms with van der Waals surface area (Å²) in [4.78, 5) is 11.5. The smallest absolute Gasteiger partial charge is 0.302 e. The first-order chi connectivity index (χ1) is 18.1. The van der Waals surface area contributed by atoms with E-state index in [1.807, 2.05) is 0 Å². The summed E-state index contributed by atoms with van der Waals surface area (Å²) >= 11 is 0. The lowest BCUT2D eigenvalue weighted by atomic mass is 9.41. The summed E-state index contributed by atoms with van der Waals surface area (Å²) in [5.41, 5.74) is 0.543. The zero-order chi connectivity index (χ0) is 27.7. The lowest BCUT2D eigenvalue weighted by Crippen LogP contribution is -2.62. The van der Waals surface area contributed by atoms with Crippen LogP contribution in [0.5, 0.6) is 0 Å². The topological polar surface area (TPSA) is 63.2 Å². The van der Waals surface area contributed by atoms with Crippen LogP contribution in [0.4, 0.5) is 0 Å². The van der Waals surface area contributed by atoms with Crippen LogP contribution in [-0.2, 0) is 28.5 Å². The molecule has 0 radical (unpaired) electrons. The van der Waals surface area contributed by atoms with Crippen LogP contribution in [0.1, 0.15) is 92.9 Å². The van der Waals surface area contributed by atoms with Crippen LogP contribution < -0.4 is 0 Å². The van der Waals surface area contributed by atoms with Gasteiger partial charge in [-0.05, 0) is 96.7 Å². The molecule has 0 bridgehead atoms. The Morgan fingerprint density at radius 2 is 1.63 bits per heavy atom. The van der Waals surface area contributed by atoms with Crippen molar-refractivity contribution in [3.8, 4) is 0 Å². The van der Waals surface area contributed by atoms with Crippen LogP contribution >= 0.6 is 0 Å². The van der Waals surface area contributed by atoms with E-state index in [1.165, 1.54) is 45.4 Å². The Labute approximate surface area is 232 Å². The second-order valence-corrected chi connectivity index (χ2v) is 13.9. The van der Waals surface area contributed by atoms with Crippen molar-refractivity contribution >= 4 is 5.97 Å². The maximum atomic E-state index is 11.5. The van der Waals surface area contributed by atoms with Crippen molar-refractivity contribution in [3.05, 3.63) is 0 Å². The van der Waals surface area contributed by atoms with E-state index in [0.717, 1.165) is 24.7 Å². The van der Waals surface area contributed by atoms with Gasteiger partial charge in [0.25, 0.3) is 0 Å². The molecule has 0 aromatic carbocycles. The monoisotopic (exact) mass is 536 g/mol. The summed E-state index contributed by atoms with van der Waals surface area (Å²) in [6.07, 6.45) is 10.0. The zero-order valence-corrected chi connectivity index (χ0v) is 25.5. The van der Waals surface area contributed by atoms with Crippen molar-refractivity contribution in [2.24, 2.45) is 58.2 Å². The zero-order valence-electron chi connectivity index (χ0n) is 25.5. The summed E-state index contributed by atoms with van der Waals surface area (Å²) in [7, 11) is 3.47. The van der Waals surface area contributed by atoms with Gasteiger partial charge in [-0.25, -0.2) is 0 Å². The molecule has 220 valence electrons. The van der Waals surface area contributed by atoms with Crippen molar-refractivity contribution in [2.75, 3.05) is 34.4 Å². The molecule has 4 saturated carbocycles. The van der Waals surface area contributed by atoms with E-state index in [0.29, 0.717) is 61.1 Å². The lowest BCUT2D eigenvalue weighted by Gasteiger charge is -2.65. The molecule has 4 unspecified atom stereocenters. The Balaban J connectivity index is 1.70. The minimum Gasteiger partial charge on any atom is -0.466 e. The van der Waals surface area contributed by atoms with Gasteiger partial charge in [0.15, 0.2) is 0 Å². The van der Waals surface area contributed by atoms with Crippen molar-refractivity contribution in [3.63, 3.8) is 0 Å². The van der Waals surface area contributed by atoms with Crippen molar-refractivity contribution < 1.29 is 28.5 Å². The number of esters is 1. The quantitative estimate of drug-likeness (QED) is 0.216. The SMILES string of the molecule is CC[C@H]1C(OCOC)C2C3C[C@H](OCOC)[C@H]([C@H](C)CCOC(C)=O)[C@@]3(C)CCC2[C@@]2(C)CC[C@@H](C)C[C@@H]12. The summed E-state index contributed by atoms with van der Waals surface area (Å²) in [5.74, 6) is 4.43. The van der Waals surface area contributed by atoms with Gasteiger partial charge < -0.3 is 23.7 Å². The summed E-state index contributed by atoms with van der Waals surface area (Å²) in [5, 5.41) is 0. The van der Waals surface area contributed by atoms with Crippen molar-refractivity contribution in [1.29, 1.82) is 0 Å². The fourth-order valence-electron chi connectivity index (χ4n) is 10.5. The molecule has 6 nitrogen and oxygen atoms in total. The van der Waals surface area contributed by atoms with E-state index >= 15 is 0 Å². The number of carbonyl (C=O) groups excluding carboxylic acids is 1. The molecule has 12 atom stereocenters. The Kier molecular flexibility index (Phi) is 9.92.